The molecule has 6 heteroatoms. The number of nitro groups is 1. The molecule has 1 aromatic carbocycles. The number of non-ortho nitro benzene ring substituents is 1. The number of carbonyl (C=O) groups is 1. The van der Waals surface area contributed by atoms with Crippen LogP contribution in [0, 0.1) is 10.1 Å². The summed E-state index contributed by atoms with van der Waals surface area (Å²) >= 11 is 0. The molecule has 6 nitrogen and oxygen atoms in total. The topological polar surface area (TPSA) is 84.6 Å². The molecule has 0 fully saturated rings. The molecular formula is C10H9N3O3. The van der Waals surface area contributed by atoms with E-state index in [1.165, 1.54) is 12.1 Å². The van der Waals surface area contributed by atoms with Gasteiger partial charge in [-0.05, 0) is 17.7 Å². The molecule has 0 bridgehead atoms. The fraction of sp³-hybridized carbons (Fsp3) is 0.200. The van der Waals surface area contributed by atoms with Crippen molar-refractivity contribution in [2.24, 2.45) is 5.10 Å². The second kappa shape index (κ2) is 4.09. The first-order chi connectivity index (χ1) is 7.70. The third-order valence-electron chi connectivity index (χ3n) is 2.35. The third kappa shape index (κ3) is 1.90. The van der Waals surface area contributed by atoms with Crippen molar-refractivity contribution in [2.45, 2.75) is 12.5 Å². The largest absolute Gasteiger partial charge is 0.301 e. The van der Waals surface area contributed by atoms with E-state index in [9.17, 15) is 14.9 Å². The van der Waals surface area contributed by atoms with Gasteiger partial charge in [0, 0.05) is 18.6 Å². The fourth-order valence-corrected chi connectivity index (χ4v) is 1.50. The van der Waals surface area contributed by atoms with Gasteiger partial charge in [0.05, 0.1) is 10.6 Å². The zero-order valence-electron chi connectivity index (χ0n) is 8.29. The highest BCUT2D eigenvalue weighted by Crippen LogP contribution is 2.16. The van der Waals surface area contributed by atoms with Crippen molar-refractivity contribution in [3.05, 3.63) is 39.9 Å². The van der Waals surface area contributed by atoms with Crippen LogP contribution in [-0.4, -0.2) is 23.0 Å². The molecule has 1 atom stereocenters. The van der Waals surface area contributed by atoms with Crippen molar-refractivity contribution in [2.75, 3.05) is 0 Å². The summed E-state index contributed by atoms with van der Waals surface area (Å²) in [5.41, 5.74) is 4.26. The smallest absolute Gasteiger partial charge is 0.269 e. The van der Waals surface area contributed by atoms with Crippen LogP contribution in [0.5, 0.6) is 0 Å². The molecule has 16 heavy (non-hydrogen) atoms. The number of nitrogens with zero attached hydrogens (tertiary/aromatic N) is 2. The minimum atomic E-state index is -0.452. The number of rotatable bonds is 3. The highest BCUT2D eigenvalue weighted by Gasteiger charge is 2.19. The predicted octanol–water partition coefficient (Wildman–Crippen LogP) is 0.860. The Labute approximate surface area is 91.1 Å². The molecule has 1 aliphatic rings. The Morgan fingerprint density at radius 1 is 1.44 bits per heavy atom. The molecule has 0 spiro atoms. The van der Waals surface area contributed by atoms with Gasteiger partial charge in [-0.1, -0.05) is 0 Å². The van der Waals surface area contributed by atoms with Gasteiger partial charge in [0.2, 0.25) is 0 Å². The van der Waals surface area contributed by atoms with Crippen molar-refractivity contribution in [1.29, 1.82) is 0 Å². The first kappa shape index (κ1) is 10.3. The Morgan fingerprint density at radius 2 is 2.12 bits per heavy atom. The standard InChI is InChI=1S/C10H9N3O3/c14-6-8-5-10(12-11-8)7-1-3-9(4-2-7)13(15)16/h1-4,6,8,11H,5H2. The van der Waals surface area contributed by atoms with E-state index in [0.29, 0.717) is 6.42 Å². The highest BCUT2D eigenvalue weighted by molar-refractivity contribution is 6.03. The Kier molecular flexibility index (Phi) is 2.63. The molecule has 1 heterocycles. The average Bonchev–Trinajstić information content (AvgIpc) is 2.77. The molecule has 2 rings (SSSR count). The number of benzene rings is 1. The number of nitro benzene ring substituents is 1. The molecule has 1 aromatic rings. The molecule has 0 radical (unpaired) electrons. The molecule has 1 N–H and O–H groups in total. The number of carbonyl (C=O) groups excluding carboxylic acids is 1. The minimum absolute atomic E-state index is 0.0437. The summed E-state index contributed by atoms with van der Waals surface area (Å²) in [6, 6.07) is 5.82. The second-order valence-electron chi connectivity index (χ2n) is 3.44. The summed E-state index contributed by atoms with van der Waals surface area (Å²) in [6.07, 6.45) is 1.31. The van der Waals surface area contributed by atoms with E-state index in [2.05, 4.69) is 10.5 Å². The van der Waals surface area contributed by atoms with Gasteiger partial charge < -0.3 is 4.79 Å². The number of hydrogen-bond acceptors (Lipinski definition) is 5. The monoisotopic (exact) mass is 219 g/mol. The van der Waals surface area contributed by atoms with E-state index >= 15 is 0 Å². The molecule has 82 valence electrons. The van der Waals surface area contributed by atoms with Crippen LogP contribution in [0.4, 0.5) is 5.69 Å². The summed E-state index contributed by atoms with van der Waals surface area (Å²) in [5.74, 6) is 0. The van der Waals surface area contributed by atoms with Crippen LogP contribution in [0.15, 0.2) is 29.4 Å². The predicted molar refractivity (Wildman–Crippen MR) is 57.2 cm³/mol. The van der Waals surface area contributed by atoms with Gasteiger partial charge in [-0.25, -0.2) is 0 Å². The molecule has 0 saturated carbocycles. The van der Waals surface area contributed by atoms with Gasteiger partial charge in [0.25, 0.3) is 5.69 Å². The molecule has 0 saturated heterocycles. The molecule has 1 aliphatic heterocycles. The van der Waals surface area contributed by atoms with E-state index in [1.54, 1.807) is 12.1 Å². The maximum Gasteiger partial charge on any atom is 0.269 e. The quantitative estimate of drug-likeness (QED) is 0.464. The summed E-state index contributed by atoms with van der Waals surface area (Å²) < 4.78 is 0. The molecule has 0 aliphatic carbocycles. The van der Waals surface area contributed by atoms with Crippen molar-refractivity contribution < 1.29 is 9.72 Å². The first-order valence-electron chi connectivity index (χ1n) is 4.73. The Hall–Kier alpha value is -2.24. The molecule has 0 aromatic heterocycles. The second-order valence-corrected chi connectivity index (χ2v) is 3.44. The molecular weight excluding hydrogens is 210 g/mol. The zero-order chi connectivity index (χ0) is 11.5. The van der Waals surface area contributed by atoms with Crippen LogP contribution in [0.2, 0.25) is 0 Å². The summed E-state index contributed by atoms with van der Waals surface area (Å²) in [6.45, 7) is 0. The molecule has 0 amide bonds. The van der Waals surface area contributed by atoms with Gasteiger partial charge in [-0.15, -0.1) is 0 Å². The normalized spacial score (nSPS) is 18.8. The lowest BCUT2D eigenvalue weighted by Crippen LogP contribution is -2.20. The van der Waals surface area contributed by atoms with Gasteiger partial charge in [-0.3, -0.25) is 15.5 Å². The zero-order valence-corrected chi connectivity index (χ0v) is 8.29. The van der Waals surface area contributed by atoms with Gasteiger partial charge in [-0.2, -0.15) is 5.10 Å². The van der Waals surface area contributed by atoms with Crippen molar-refractivity contribution in [3.63, 3.8) is 0 Å². The van der Waals surface area contributed by atoms with E-state index in [4.69, 9.17) is 0 Å². The van der Waals surface area contributed by atoms with Crippen LogP contribution < -0.4 is 5.43 Å². The lowest BCUT2D eigenvalue weighted by molar-refractivity contribution is -0.384. The first-order valence-corrected chi connectivity index (χ1v) is 4.73. The average molecular weight is 219 g/mol. The van der Waals surface area contributed by atoms with E-state index in [-0.39, 0.29) is 11.7 Å². The maximum absolute atomic E-state index is 10.5. The maximum atomic E-state index is 10.5. The van der Waals surface area contributed by atoms with Crippen molar-refractivity contribution in [1.82, 2.24) is 5.43 Å². The number of aldehydes is 1. The van der Waals surface area contributed by atoms with Crippen molar-refractivity contribution >= 4 is 17.7 Å². The summed E-state index contributed by atoms with van der Waals surface area (Å²) in [5, 5.41) is 14.4. The lowest BCUT2D eigenvalue weighted by atomic mass is 10.0. The number of hydrazone groups is 1. The Bertz CT molecular complexity index is 453. The summed E-state index contributed by atoms with van der Waals surface area (Å²) in [7, 11) is 0. The van der Waals surface area contributed by atoms with Crippen LogP contribution >= 0.6 is 0 Å². The minimum Gasteiger partial charge on any atom is -0.301 e. The van der Waals surface area contributed by atoms with E-state index < -0.39 is 4.92 Å². The lowest BCUT2D eigenvalue weighted by Gasteiger charge is -1.99. The fourth-order valence-electron chi connectivity index (χ4n) is 1.50. The van der Waals surface area contributed by atoms with Crippen LogP contribution in [-0.2, 0) is 4.79 Å². The van der Waals surface area contributed by atoms with Crippen molar-refractivity contribution in [3.8, 4) is 0 Å². The van der Waals surface area contributed by atoms with Gasteiger partial charge in [0.15, 0.2) is 0 Å². The van der Waals surface area contributed by atoms with Gasteiger partial charge in [0.1, 0.15) is 12.3 Å². The molecule has 1 unspecified atom stereocenters. The van der Waals surface area contributed by atoms with E-state index in [0.717, 1.165) is 17.6 Å². The van der Waals surface area contributed by atoms with Crippen LogP contribution in [0.25, 0.3) is 0 Å². The van der Waals surface area contributed by atoms with Gasteiger partial charge >= 0.3 is 0 Å². The Balaban J connectivity index is 2.17. The highest BCUT2D eigenvalue weighted by atomic mass is 16.6. The summed E-state index contributed by atoms with van der Waals surface area (Å²) in [4.78, 5) is 20.5. The number of hydrogen-bond donors (Lipinski definition) is 1. The van der Waals surface area contributed by atoms with Crippen LogP contribution in [0.1, 0.15) is 12.0 Å². The van der Waals surface area contributed by atoms with Crippen LogP contribution in [0.3, 0.4) is 0 Å². The number of nitrogens with one attached hydrogen (secondary N) is 1. The third-order valence-corrected chi connectivity index (χ3v) is 2.35. The Morgan fingerprint density at radius 3 is 2.62 bits per heavy atom. The SMILES string of the molecule is O=CC1CC(c2ccc([N+](=O)[O-])cc2)=NN1. The van der Waals surface area contributed by atoms with E-state index in [1.807, 2.05) is 0 Å².